The van der Waals surface area contributed by atoms with Crippen molar-refractivity contribution in [2.45, 2.75) is 69.2 Å². The van der Waals surface area contributed by atoms with E-state index in [-0.39, 0.29) is 23.6 Å². The third-order valence-electron chi connectivity index (χ3n) is 10.3. The molecule has 10 nitrogen and oxygen atoms in total. The van der Waals surface area contributed by atoms with Crippen LogP contribution in [0.25, 0.3) is 31.9 Å². The number of hydrogen-bond acceptors (Lipinski definition) is 11. The first-order valence-corrected chi connectivity index (χ1v) is 19.6. The highest BCUT2D eigenvalue weighted by Gasteiger charge is 2.43. The van der Waals surface area contributed by atoms with Gasteiger partial charge in [0.05, 0.1) is 45.5 Å². The first kappa shape index (κ1) is 32.2. The molecular weight excluding hydrogens is 657 g/mol. The van der Waals surface area contributed by atoms with Crippen molar-refractivity contribution >= 4 is 37.1 Å². The zero-order valence-corrected chi connectivity index (χ0v) is 29.6. The van der Waals surface area contributed by atoms with Gasteiger partial charge in [-0.1, -0.05) is 19.9 Å². The normalized spacial score (nSPS) is 20.1. The van der Waals surface area contributed by atoms with Crippen LogP contribution in [0, 0.1) is 11.8 Å². The van der Waals surface area contributed by atoms with E-state index in [1.54, 1.807) is 30.7 Å². The molecule has 2 atom stereocenters. The average molecular weight is 697 g/mol. The van der Waals surface area contributed by atoms with Crippen LogP contribution in [0.4, 0.5) is 5.82 Å². The van der Waals surface area contributed by atoms with Gasteiger partial charge in [-0.25, -0.2) is 18.4 Å². The number of rotatable bonds is 9. The third kappa shape index (κ3) is 5.97. The minimum atomic E-state index is -3.67. The van der Waals surface area contributed by atoms with E-state index in [0.717, 1.165) is 77.5 Å². The summed E-state index contributed by atoms with van der Waals surface area (Å²) < 4.78 is 40.7. The molecule has 3 aliphatic rings. The van der Waals surface area contributed by atoms with E-state index < -0.39 is 9.84 Å². The largest absolute Gasteiger partial charge is 0.481 e. The number of hydrogen-bond donors (Lipinski definition) is 1. The number of aromatic nitrogens is 5. The predicted molar refractivity (Wildman–Crippen MR) is 191 cm³/mol. The molecule has 1 fully saturated rings. The predicted octanol–water partition coefficient (Wildman–Crippen LogP) is 7.20. The molecule has 2 aliphatic heterocycles. The van der Waals surface area contributed by atoms with Crippen molar-refractivity contribution in [2.75, 3.05) is 31.4 Å². The number of ether oxygens (including phenoxy) is 2. The molecule has 8 rings (SSSR count). The van der Waals surface area contributed by atoms with Crippen molar-refractivity contribution in [2.24, 2.45) is 11.8 Å². The van der Waals surface area contributed by atoms with Gasteiger partial charge in [0.1, 0.15) is 5.82 Å². The molecule has 12 heteroatoms. The van der Waals surface area contributed by atoms with Crippen LogP contribution in [0.3, 0.4) is 0 Å². The van der Waals surface area contributed by atoms with Gasteiger partial charge in [0.25, 0.3) is 0 Å². The summed E-state index contributed by atoms with van der Waals surface area (Å²) in [5.74, 6) is 2.05. The van der Waals surface area contributed by atoms with E-state index in [0.29, 0.717) is 45.8 Å². The van der Waals surface area contributed by atoms with Crippen molar-refractivity contribution in [3.8, 4) is 27.7 Å². The number of pyridine rings is 3. The highest BCUT2D eigenvalue weighted by atomic mass is 32.2. The van der Waals surface area contributed by atoms with Crippen molar-refractivity contribution in [3.63, 3.8) is 0 Å². The summed E-state index contributed by atoms with van der Waals surface area (Å²) in [7, 11) is -2.10. The van der Waals surface area contributed by atoms with Gasteiger partial charge >= 0.3 is 0 Å². The van der Waals surface area contributed by atoms with Gasteiger partial charge in [0.2, 0.25) is 5.88 Å². The van der Waals surface area contributed by atoms with E-state index in [1.807, 2.05) is 24.5 Å². The number of aryl methyl sites for hydroxylation is 2. The van der Waals surface area contributed by atoms with Crippen LogP contribution in [0.1, 0.15) is 74.1 Å². The van der Waals surface area contributed by atoms with Crippen LogP contribution >= 0.6 is 11.3 Å². The molecule has 1 aliphatic carbocycles. The molecule has 0 spiro atoms. The molecule has 1 saturated heterocycles. The fraction of sp³-hybridized carbons (Fsp3) is 0.432. The molecule has 1 N–H and O–H groups in total. The van der Waals surface area contributed by atoms with Gasteiger partial charge in [-0.3, -0.25) is 9.97 Å². The van der Waals surface area contributed by atoms with Gasteiger partial charge in [-0.2, -0.15) is 4.98 Å². The van der Waals surface area contributed by atoms with Crippen molar-refractivity contribution in [3.05, 3.63) is 71.6 Å². The first-order valence-electron chi connectivity index (χ1n) is 17.1. The molecular formula is C37H40N6O4S2. The number of nitrogens with zero attached hydrogens (tertiary/aromatic N) is 5. The molecule has 0 radical (unpaired) electrons. The monoisotopic (exact) mass is 696 g/mol. The number of nitrogens with one attached hydrogen (secondary N) is 1. The number of methoxy groups -OCH3 is 1. The Morgan fingerprint density at radius 2 is 1.86 bits per heavy atom. The fourth-order valence-electron chi connectivity index (χ4n) is 7.64. The third-order valence-corrected chi connectivity index (χ3v) is 13.3. The lowest BCUT2D eigenvalue weighted by atomic mass is 9.89. The van der Waals surface area contributed by atoms with Crippen molar-refractivity contribution < 1.29 is 17.9 Å². The SMILES string of the molecule is COc1ccnc(-c2c(CCC3CCOCC3)nc3c(c2-c2cc4ccnc(NC5CCc6ncccc65)c4s2)S(=O)(=O)C[C@H]3C(C)C)n1. The van der Waals surface area contributed by atoms with E-state index >= 15 is 0 Å². The Morgan fingerprint density at radius 1 is 1.02 bits per heavy atom. The van der Waals surface area contributed by atoms with Crippen molar-refractivity contribution in [1.29, 1.82) is 0 Å². The van der Waals surface area contributed by atoms with Gasteiger partial charge in [0, 0.05) is 59.9 Å². The Morgan fingerprint density at radius 3 is 2.67 bits per heavy atom. The summed E-state index contributed by atoms with van der Waals surface area (Å²) >= 11 is 1.56. The van der Waals surface area contributed by atoms with E-state index in [9.17, 15) is 8.42 Å². The zero-order chi connectivity index (χ0) is 33.7. The highest BCUT2D eigenvalue weighted by Crippen LogP contribution is 2.51. The average Bonchev–Trinajstić information content (AvgIpc) is 3.81. The zero-order valence-electron chi connectivity index (χ0n) is 28.0. The maximum Gasteiger partial charge on any atom is 0.216 e. The van der Waals surface area contributed by atoms with Crippen LogP contribution < -0.4 is 10.1 Å². The standard InChI is InChI=1S/C37H40N6O4S2/c1-21(2)25-20-49(44,45)35-32(29-19-23-10-15-40-37(34(23)48-29)42-27-9-8-26-24(27)5-4-14-38-26)31(36-39-16-11-30(43-36)46-3)28(41-33(25)35)7-6-22-12-17-47-18-13-22/h4-5,10-11,14-16,19,21-22,25,27H,6-9,12-13,17-18,20H2,1-3H3,(H,40,42)/t25-,27?/m0/s1. The van der Waals surface area contributed by atoms with Crippen molar-refractivity contribution in [1.82, 2.24) is 24.9 Å². The first-order chi connectivity index (χ1) is 23.8. The Balaban J connectivity index is 1.33. The summed E-state index contributed by atoms with van der Waals surface area (Å²) in [5.41, 5.74) is 5.13. The minimum Gasteiger partial charge on any atom is -0.481 e. The molecule has 0 saturated carbocycles. The van der Waals surface area contributed by atoms with Crippen LogP contribution in [-0.2, 0) is 27.4 Å². The van der Waals surface area contributed by atoms with Crippen LogP contribution in [0.2, 0.25) is 0 Å². The molecule has 254 valence electrons. The topological polar surface area (TPSA) is 129 Å². The molecule has 5 aromatic rings. The Labute approximate surface area is 290 Å². The minimum absolute atomic E-state index is 0.0379. The lowest BCUT2D eigenvalue weighted by Crippen LogP contribution is -2.17. The quantitative estimate of drug-likeness (QED) is 0.169. The van der Waals surface area contributed by atoms with Crippen LogP contribution in [-0.4, -0.2) is 59.4 Å². The molecule has 49 heavy (non-hydrogen) atoms. The maximum atomic E-state index is 14.3. The summed E-state index contributed by atoms with van der Waals surface area (Å²) in [5, 5.41) is 4.69. The maximum absolute atomic E-state index is 14.3. The van der Waals surface area contributed by atoms with E-state index in [4.69, 9.17) is 29.4 Å². The number of anilines is 1. The van der Waals surface area contributed by atoms with Crippen LogP contribution in [0.15, 0.2) is 53.8 Å². The second-order valence-electron chi connectivity index (χ2n) is 13.6. The lowest BCUT2D eigenvalue weighted by molar-refractivity contribution is 0.0639. The van der Waals surface area contributed by atoms with Gasteiger partial charge in [-0.15, -0.1) is 11.3 Å². The molecule has 7 heterocycles. The Kier molecular flexibility index (Phi) is 8.57. The highest BCUT2D eigenvalue weighted by molar-refractivity contribution is 7.92. The molecule has 0 bridgehead atoms. The van der Waals surface area contributed by atoms with Crippen LogP contribution in [0.5, 0.6) is 5.88 Å². The van der Waals surface area contributed by atoms with E-state index in [1.165, 1.54) is 5.56 Å². The summed E-state index contributed by atoms with van der Waals surface area (Å²) in [6, 6.07) is 10.00. The number of thiophene rings is 1. The molecule has 0 amide bonds. The number of sulfone groups is 1. The number of fused-ring (bicyclic) bond motifs is 3. The smallest absolute Gasteiger partial charge is 0.216 e. The fourth-order valence-corrected chi connectivity index (χ4v) is 11.1. The lowest BCUT2D eigenvalue weighted by Gasteiger charge is -2.23. The summed E-state index contributed by atoms with van der Waals surface area (Å²) in [6.45, 7) is 5.69. The second kappa shape index (κ2) is 13.0. The Hall–Kier alpha value is -4.00. The molecule has 0 aromatic carbocycles. The summed E-state index contributed by atoms with van der Waals surface area (Å²) in [4.78, 5) is 25.3. The van der Waals surface area contributed by atoms with E-state index in [2.05, 4.69) is 36.3 Å². The van der Waals surface area contributed by atoms with Gasteiger partial charge in [-0.05, 0) is 79.5 Å². The molecule has 1 unspecified atom stereocenters. The second-order valence-corrected chi connectivity index (χ2v) is 16.7. The Bertz CT molecular complexity index is 2140. The summed E-state index contributed by atoms with van der Waals surface area (Å²) in [6.07, 6.45) is 10.8. The molecule has 5 aromatic heterocycles. The van der Waals surface area contributed by atoms with Gasteiger partial charge in [0.15, 0.2) is 15.7 Å². The van der Waals surface area contributed by atoms with Gasteiger partial charge < -0.3 is 14.8 Å².